The Morgan fingerprint density at radius 1 is 1.10 bits per heavy atom. The van der Waals surface area contributed by atoms with Gasteiger partial charge in [0.1, 0.15) is 18.1 Å². The highest BCUT2D eigenvalue weighted by atomic mass is 19.1. The number of aromatic nitrogens is 2. The first-order chi connectivity index (χ1) is 19.4. The van der Waals surface area contributed by atoms with E-state index in [1.54, 1.807) is 36.1 Å². The number of anilines is 1. The van der Waals surface area contributed by atoms with E-state index in [2.05, 4.69) is 10.3 Å². The molecule has 206 valence electrons. The number of aryl methyl sites for hydroxylation is 1. The number of imidazole rings is 1. The van der Waals surface area contributed by atoms with Crippen LogP contribution in [0.1, 0.15) is 28.8 Å². The number of carbonyl (C=O) groups is 2. The third kappa shape index (κ3) is 6.21. The van der Waals surface area contributed by atoms with E-state index in [-0.39, 0.29) is 30.3 Å². The molecule has 0 bridgehead atoms. The molecule has 0 aliphatic carbocycles. The number of rotatable bonds is 9. The maximum Gasteiger partial charge on any atom is 0.254 e. The van der Waals surface area contributed by atoms with Crippen LogP contribution in [0.25, 0.3) is 16.9 Å². The maximum absolute atomic E-state index is 13.7. The van der Waals surface area contributed by atoms with Gasteiger partial charge in [-0.2, -0.15) is 0 Å². The minimum atomic E-state index is -0.407. The molecule has 1 aromatic heterocycles. The van der Waals surface area contributed by atoms with Gasteiger partial charge in [0.2, 0.25) is 11.9 Å². The van der Waals surface area contributed by atoms with Crippen molar-refractivity contribution in [2.75, 3.05) is 32.1 Å². The molecule has 1 aliphatic heterocycles. The number of nitrogens with zero attached hydrogens (tertiary/aromatic N) is 3. The molecule has 1 saturated heterocycles. The summed E-state index contributed by atoms with van der Waals surface area (Å²) in [5.74, 6) is -0.0493. The predicted octanol–water partition coefficient (Wildman–Crippen LogP) is 5.26. The van der Waals surface area contributed by atoms with Gasteiger partial charge in [-0.25, -0.2) is 9.37 Å². The van der Waals surface area contributed by atoms with Crippen molar-refractivity contribution in [2.24, 2.45) is 0 Å². The molecule has 40 heavy (non-hydrogen) atoms. The minimum absolute atomic E-state index is 0.122. The van der Waals surface area contributed by atoms with E-state index >= 15 is 0 Å². The number of carbonyl (C=O) groups excluding carboxylic acids is 2. The lowest BCUT2D eigenvalue weighted by molar-refractivity contribution is -0.117. The van der Waals surface area contributed by atoms with Gasteiger partial charge in [-0.3, -0.25) is 19.5 Å². The number of nitrogens with one attached hydrogen (secondary N) is 1. The first-order valence-corrected chi connectivity index (χ1v) is 13.2. The second-order valence-corrected chi connectivity index (χ2v) is 9.71. The molecule has 1 aliphatic rings. The molecule has 1 N–H and O–H groups in total. The van der Waals surface area contributed by atoms with E-state index in [4.69, 9.17) is 9.47 Å². The van der Waals surface area contributed by atoms with E-state index in [0.717, 1.165) is 24.0 Å². The number of halogens is 1. The average molecular weight is 543 g/mol. The summed E-state index contributed by atoms with van der Waals surface area (Å²) >= 11 is 0. The highest BCUT2D eigenvalue weighted by Crippen LogP contribution is 2.26. The zero-order valence-electron chi connectivity index (χ0n) is 22.5. The lowest BCUT2D eigenvalue weighted by Gasteiger charge is -2.25. The Morgan fingerprint density at radius 3 is 2.52 bits per heavy atom. The molecule has 9 heteroatoms. The molecule has 0 radical (unpaired) electrons. The molecule has 5 rings (SSSR count). The van der Waals surface area contributed by atoms with Crippen LogP contribution in [-0.4, -0.2) is 59.2 Å². The molecule has 2 amide bonds. The lowest BCUT2D eigenvalue weighted by atomic mass is 10.1. The van der Waals surface area contributed by atoms with Gasteiger partial charge in [-0.05, 0) is 79.9 Å². The van der Waals surface area contributed by atoms with Crippen LogP contribution in [0.15, 0.2) is 79.0 Å². The number of methoxy groups -OCH3 is 1. The van der Waals surface area contributed by atoms with Crippen LogP contribution in [-0.2, 0) is 9.53 Å². The molecule has 0 saturated carbocycles. The van der Waals surface area contributed by atoms with Gasteiger partial charge in [0, 0.05) is 36.2 Å². The summed E-state index contributed by atoms with van der Waals surface area (Å²) in [4.78, 5) is 33.1. The SMILES string of the molecule is COc1ccc(-c2cn(-c3ccc(F)cc3)c(NC(=O)CN(CC3CCCO3)C(=O)c3ccccc3C)n2)cc1. The summed E-state index contributed by atoms with van der Waals surface area (Å²) in [6, 6.07) is 20.6. The van der Waals surface area contributed by atoms with Crippen LogP contribution in [0.2, 0.25) is 0 Å². The van der Waals surface area contributed by atoms with Crippen molar-refractivity contribution in [2.45, 2.75) is 25.9 Å². The maximum atomic E-state index is 13.7. The fraction of sp³-hybridized carbons (Fsp3) is 0.258. The molecule has 2 heterocycles. The monoisotopic (exact) mass is 542 g/mol. The van der Waals surface area contributed by atoms with Crippen molar-refractivity contribution in [3.05, 3.63) is 95.9 Å². The predicted molar refractivity (Wildman–Crippen MR) is 150 cm³/mol. The molecule has 4 aromatic rings. The Morgan fingerprint density at radius 2 is 1.85 bits per heavy atom. The van der Waals surface area contributed by atoms with E-state index in [9.17, 15) is 14.0 Å². The Bertz CT molecular complexity index is 1480. The molecule has 0 spiro atoms. The summed E-state index contributed by atoms with van der Waals surface area (Å²) in [6.07, 6.45) is 3.41. The largest absolute Gasteiger partial charge is 0.497 e. The van der Waals surface area contributed by atoms with Crippen molar-refractivity contribution in [3.8, 4) is 22.7 Å². The van der Waals surface area contributed by atoms with E-state index in [0.29, 0.717) is 35.8 Å². The van der Waals surface area contributed by atoms with Crippen LogP contribution in [0.5, 0.6) is 5.75 Å². The highest BCUT2D eigenvalue weighted by Gasteiger charge is 2.26. The molecule has 1 fully saturated rings. The van der Waals surface area contributed by atoms with Crippen molar-refractivity contribution < 1.29 is 23.5 Å². The summed E-state index contributed by atoms with van der Waals surface area (Å²) in [5.41, 5.74) is 3.42. The van der Waals surface area contributed by atoms with Crippen LogP contribution in [0, 0.1) is 12.7 Å². The number of hydrogen-bond acceptors (Lipinski definition) is 5. The topological polar surface area (TPSA) is 85.7 Å². The summed E-state index contributed by atoms with van der Waals surface area (Å²) in [6.45, 7) is 2.65. The van der Waals surface area contributed by atoms with Gasteiger partial charge < -0.3 is 14.4 Å². The summed E-state index contributed by atoms with van der Waals surface area (Å²) < 4.78 is 26.4. The zero-order valence-corrected chi connectivity index (χ0v) is 22.5. The molecule has 8 nitrogen and oxygen atoms in total. The standard InChI is InChI=1S/C31H31FN4O4/c1-21-6-3-4-8-27(21)30(38)35(18-26-7-5-17-40-26)20-29(37)34-31-33-28(22-9-15-25(39-2)16-10-22)19-36(31)24-13-11-23(32)12-14-24/h3-4,6,8-16,19,26H,5,7,17-18,20H2,1-2H3,(H,33,34,37). The summed E-state index contributed by atoms with van der Waals surface area (Å²) in [7, 11) is 1.60. The van der Waals surface area contributed by atoms with Gasteiger partial charge in [-0.15, -0.1) is 0 Å². The second kappa shape index (κ2) is 12.1. The zero-order chi connectivity index (χ0) is 28.1. The van der Waals surface area contributed by atoms with E-state index in [1.165, 1.54) is 17.0 Å². The number of ether oxygens (including phenoxy) is 2. The van der Waals surface area contributed by atoms with Gasteiger partial charge in [0.15, 0.2) is 0 Å². The second-order valence-electron chi connectivity index (χ2n) is 9.71. The van der Waals surface area contributed by atoms with Crippen molar-refractivity contribution in [1.29, 1.82) is 0 Å². The fourth-order valence-corrected chi connectivity index (χ4v) is 4.74. The quantitative estimate of drug-likeness (QED) is 0.312. The molecule has 1 unspecified atom stereocenters. The molecule has 1 atom stereocenters. The minimum Gasteiger partial charge on any atom is -0.497 e. The highest BCUT2D eigenvalue weighted by molar-refractivity contribution is 6.00. The van der Waals surface area contributed by atoms with Crippen LogP contribution in [0.4, 0.5) is 10.3 Å². The van der Waals surface area contributed by atoms with Gasteiger partial charge in [0.25, 0.3) is 5.91 Å². The van der Waals surface area contributed by atoms with Crippen molar-refractivity contribution in [3.63, 3.8) is 0 Å². The van der Waals surface area contributed by atoms with Gasteiger partial charge in [-0.1, -0.05) is 18.2 Å². The van der Waals surface area contributed by atoms with E-state index in [1.807, 2.05) is 49.4 Å². The van der Waals surface area contributed by atoms with Gasteiger partial charge >= 0.3 is 0 Å². The van der Waals surface area contributed by atoms with Gasteiger partial charge in [0.05, 0.1) is 18.9 Å². The van der Waals surface area contributed by atoms with Crippen molar-refractivity contribution in [1.82, 2.24) is 14.5 Å². The third-order valence-electron chi connectivity index (χ3n) is 6.89. The first-order valence-electron chi connectivity index (χ1n) is 13.2. The Labute approximate surface area is 232 Å². The smallest absolute Gasteiger partial charge is 0.254 e. The Balaban J connectivity index is 1.42. The van der Waals surface area contributed by atoms with Crippen LogP contribution in [0.3, 0.4) is 0 Å². The third-order valence-corrected chi connectivity index (χ3v) is 6.89. The van der Waals surface area contributed by atoms with Crippen LogP contribution >= 0.6 is 0 Å². The van der Waals surface area contributed by atoms with E-state index < -0.39 is 5.91 Å². The number of hydrogen-bond donors (Lipinski definition) is 1. The normalized spacial score (nSPS) is 14.6. The molecular formula is C31H31FN4O4. The lowest BCUT2D eigenvalue weighted by Crippen LogP contribution is -2.42. The molecule has 3 aromatic carbocycles. The Hall–Kier alpha value is -4.50. The first kappa shape index (κ1) is 27.1. The molecular weight excluding hydrogens is 511 g/mol. The van der Waals surface area contributed by atoms with Crippen LogP contribution < -0.4 is 10.1 Å². The Kier molecular flexibility index (Phi) is 8.21. The number of amides is 2. The fourth-order valence-electron chi connectivity index (χ4n) is 4.74. The summed E-state index contributed by atoms with van der Waals surface area (Å²) in [5, 5.41) is 2.87. The average Bonchev–Trinajstić information content (AvgIpc) is 3.63. The van der Waals surface area contributed by atoms with Crippen molar-refractivity contribution >= 4 is 17.8 Å². The number of benzene rings is 3.